The van der Waals surface area contributed by atoms with Crippen molar-refractivity contribution < 1.29 is 9.47 Å². The highest BCUT2D eigenvalue weighted by molar-refractivity contribution is 6.31. The van der Waals surface area contributed by atoms with Gasteiger partial charge in [0.2, 0.25) is 0 Å². The van der Waals surface area contributed by atoms with Crippen LogP contribution in [0.5, 0.6) is 0 Å². The van der Waals surface area contributed by atoms with E-state index in [0.29, 0.717) is 23.8 Å². The van der Waals surface area contributed by atoms with Gasteiger partial charge < -0.3 is 14.8 Å². The van der Waals surface area contributed by atoms with Crippen LogP contribution in [0.2, 0.25) is 5.02 Å². The monoisotopic (exact) mass is 266 g/mol. The van der Waals surface area contributed by atoms with E-state index >= 15 is 0 Å². The molecule has 1 N–H and O–H groups in total. The quantitative estimate of drug-likeness (QED) is 0.902. The lowest BCUT2D eigenvalue weighted by Crippen LogP contribution is -2.40. The van der Waals surface area contributed by atoms with Crippen molar-refractivity contribution in [3.05, 3.63) is 34.3 Å². The van der Waals surface area contributed by atoms with Crippen LogP contribution in [0.1, 0.15) is 11.1 Å². The molecule has 1 atom stereocenters. The Kier molecular flexibility index (Phi) is 4.97. The Morgan fingerprint density at radius 1 is 1.56 bits per heavy atom. The maximum atomic E-state index is 8.74. The van der Waals surface area contributed by atoms with E-state index in [0.717, 1.165) is 25.3 Å². The Bertz CT molecular complexity index is 439. The number of morpholine rings is 1. The number of hydrogen-bond acceptors (Lipinski definition) is 4. The molecule has 1 unspecified atom stereocenters. The minimum Gasteiger partial charge on any atom is -0.374 e. The summed E-state index contributed by atoms with van der Waals surface area (Å²) in [6, 6.07) is 7.26. The number of ether oxygens (including phenoxy) is 2. The topological polar surface area (TPSA) is 54.3 Å². The number of nitrogens with zero attached hydrogens (tertiary/aromatic N) is 1. The normalized spacial score (nSPS) is 19.4. The van der Waals surface area contributed by atoms with Gasteiger partial charge in [-0.2, -0.15) is 5.26 Å². The van der Waals surface area contributed by atoms with E-state index in [-0.39, 0.29) is 6.10 Å². The summed E-state index contributed by atoms with van der Waals surface area (Å²) in [5, 5.41) is 12.5. The molecule has 96 valence electrons. The van der Waals surface area contributed by atoms with Crippen LogP contribution in [0.4, 0.5) is 0 Å². The minimum absolute atomic E-state index is 0.107. The van der Waals surface area contributed by atoms with Crippen LogP contribution in [-0.2, 0) is 16.1 Å². The third-order valence-electron chi connectivity index (χ3n) is 2.75. The zero-order valence-corrected chi connectivity index (χ0v) is 10.7. The molecular weight excluding hydrogens is 252 g/mol. The molecule has 0 aliphatic carbocycles. The molecule has 1 saturated heterocycles. The molecule has 1 aliphatic heterocycles. The average molecular weight is 267 g/mol. The summed E-state index contributed by atoms with van der Waals surface area (Å²) in [6.45, 7) is 3.43. The second-order valence-corrected chi connectivity index (χ2v) is 4.54. The Labute approximate surface area is 111 Å². The van der Waals surface area contributed by atoms with Gasteiger partial charge in [0.25, 0.3) is 0 Å². The third-order valence-corrected chi connectivity index (χ3v) is 3.10. The van der Waals surface area contributed by atoms with Crippen molar-refractivity contribution in [3.63, 3.8) is 0 Å². The number of hydrogen-bond donors (Lipinski definition) is 1. The van der Waals surface area contributed by atoms with E-state index in [9.17, 15) is 0 Å². The fraction of sp³-hybridized carbons (Fsp3) is 0.462. The number of halogens is 1. The van der Waals surface area contributed by atoms with Crippen LogP contribution in [0, 0.1) is 11.3 Å². The first-order valence-corrected chi connectivity index (χ1v) is 6.26. The van der Waals surface area contributed by atoms with E-state index in [1.807, 2.05) is 12.1 Å². The molecule has 1 aromatic carbocycles. The first-order valence-electron chi connectivity index (χ1n) is 5.88. The molecule has 1 aliphatic rings. The van der Waals surface area contributed by atoms with Gasteiger partial charge in [-0.3, -0.25) is 0 Å². The van der Waals surface area contributed by atoms with Crippen LogP contribution in [0.15, 0.2) is 18.2 Å². The van der Waals surface area contributed by atoms with Gasteiger partial charge in [0, 0.05) is 18.1 Å². The second kappa shape index (κ2) is 6.72. The molecule has 1 aromatic rings. The van der Waals surface area contributed by atoms with E-state index in [4.69, 9.17) is 26.3 Å². The van der Waals surface area contributed by atoms with Crippen LogP contribution < -0.4 is 5.32 Å². The molecule has 0 radical (unpaired) electrons. The highest BCUT2D eigenvalue weighted by Gasteiger charge is 2.13. The van der Waals surface area contributed by atoms with Crippen LogP contribution in [0.25, 0.3) is 0 Å². The molecule has 0 spiro atoms. The fourth-order valence-corrected chi connectivity index (χ4v) is 2.00. The summed E-state index contributed by atoms with van der Waals surface area (Å²) in [6.07, 6.45) is 0.107. The van der Waals surface area contributed by atoms with Crippen LogP contribution >= 0.6 is 11.6 Å². The Morgan fingerprint density at radius 2 is 2.44 bits per heavy atom. The molecule has 0 amide bonds. The van der Waals surface area contributed by atoms with Crippen molar-refractivity contribution in [1.29, 1.82) is 5.26 Å². The second-order valence-electron chi connectivity index (χ2n) is 4.13. The molecule has 0 bridgehead atoms. The maximum Gasteiger partial charge on any atom is 0.0992 e. The summed E-state index contributed by atoms with van der Waals surface area (Å²) < 4.78 is 11.1. The fourth-order valence-electron chi connectivity index (χ4n) is 1.76. The molecule has 0 saturated carbocycles. The number of nitriles is 1. The number of rotatable bonds is 4. The lowest BCUT2D eigenvalue weighted by atomic mass is 10.1. The number of nitrogens with one attached hydrogen (secondary N) is 1. The Morgan fingerprint density at radius 3 is 3.11 bits per heavy atom. The standard InChI is InChI=1S/C13H15ClN2O2/c14-13-5-10(6-15)1-2-11(13)8-17-9-12-7-16-3-4-18-12/h1-2,5,12,16H,3-4,7-9H2. The predicted molar refractivity (Wildman–Crippen MR) is 68.4 cm³/mol. The molecule has 4 nitrogen and oxygen atoms in total. The average Bonchev–Trinajstić information content (AvgIpc) is 2.42. The van der Waals surface area contributed by atoms with Crippen molar-refractivity contribution in [2.75, 3.05) is 26.3 Å². The molecular formula is C13H15ClN2O2. The molecule has 5 heteroatoms. The smallest absolute Gasteiger partial charge is 0.0992 e. The van der Waals surface area contributed by atoms with Gasteiger partial charge in [0.05, 0.1) is 37.6 Å². The SMILES string of the molecule is N#Cc1ccc(COCC2CNCCO2)c(Cl)c1. The lowest BCUT2D eigenvalue weighted by Gasteiger charge is -2.23. The van der Waals surface area contributed by atoms with E-state index in [1.165, 1.54) is 0 Å². The van der Waals surface area contributed by atoms with E-state index < -0.39 is 0 Å². The summed E-state index contributed by atoms with van der Waals surface area (Å²) in [7, 11) is 0. The Balaban J connectivity index is 1.81. The van der Waals surface area contributed by atoms with E-state index in [1.54, 1.807) is 12.1 Å². The van der Waals surface area contributed by atoms with Gasteiger partial charge in [0.15, 0.2) is 0 Å². The van der Waals surface area contributed by atoms with Crippen molar-refractivity contribution in [2.24, 2.45) is 0 Å². The highest BCUT2D eigenvalue weighted by atomic mass is 35.5. The van der Waals surface area contributed by atoms with Gasteiger partial charge in [-0.15, -0.1) is 0 Å². The van der Waals surface area contributed by atoms with Crippen molar-refractivity contribution in [2.45, 2.75) is 12.7 Å². The molecule has 1 heterocycles. The maximum absolute atomic E-state index is 8.74. The van der Waals surface area contributed by atoms with Gasteiger partial charge in [-0.05, 0) is 17.7 Å². The van der Waals surface area contributed by atoms with Gasteiger partial charge in [-0.25, -0.2) is 0 Å². The summed E-state index contributed by atoms with van der Waals surface area (Å²) in [5.41, 5.74) is 1.45. The van der Waals surface area contributed by atoms with Gasteiger partial charge >= 0.3 is 0 Å². The first kappa shape index (κ1) is 13.3. The molecule has 1 fully saturated rings. The van der Waals surface area contributed by atoms with Crippen LogP contribution in [0.3, 0.4) is 0 Å². The largest absolute Gasteiger partial charge is 0.374 e. The van der Waals surface area contributed by atoms with Gasteiger partial charge in [0.1, 0.15) is 0 Å². The van der Waals surface area contributed by atoms with Gasteiger partial charge in [-0.1, -0.05) is 17.7 Å². The highest BCUT2D eigenvalue weighted by Crippen LogP contribution is 2.18. The molecule has 18 heavy (non-hydrogen) atoms. The van der Waals surface area contributed by atoms with Crippen LogP contribution in [-0.4, -0.2) is 32.4 Å². The first-order chi connectivity index (χ1) is 8.79. The Hall–Kier alpha value is -1.12. The summed E-state index contributed by atoms with van der Waals surface area (Å²) in [5.74, 6) is 0. The molecule has 0 aromatic heterocycles. The van der Waals surface area contributed by atoms with Crippen molar-refractivity contribution >= 4 is 11.6 Å². The van der Waals surface area contributed by atoms with E-state index in [2.05, 4.69) is 5.32 Å². The third kappa shape index (κ3) is 3.69. The predicted octanol–water partition coefficient (Wildman–Crippen LogP) is 1.72. The van der Waals surface area contributed by atoms with Crippen molar-refractivity contribution in [1.82, 2.24) is 5.32 Å². The zero-order valence-electron chi connectivity index (χ0n) is 9.99. The zero-order chi connectivity index (χ0) is 12.8. The summed E-state index contributed by atoms with van der Waals surface area (Å²) >= 11 is 6.05. The number of benzene rings is 1. The lowest BCUT2D eigenvalue weighted by molar-refractivity contribution is -0.0357. The molecule has 2 rings (SSSR count). The van der Waals surface area contributed by atoms with Crippen molar-refractivity contribution in [3.8, 4) is 6.07 Å². The minimum atomic E-state index is 0.107. The summed E-state index contributed by atoms with van der Waals surface area (Å²) in [4.78, 5) is 0.